The standard InChI is InChI=1S/C26H33N5O3S.C7H8/c1-17(2)20-11-19(13-28-14-20)12-27-9-6-10-29-25(33)21-7-5-8-22(24(21)32)26(34)31(4)15-23-30-18(3)16-35-23;1-7-5-3-2-4-6-7/h5,7-8,11,13-14,16-17,27,32H,6,9-10,12,15H2,1-4H3,(H,29,33);2-6H,1H3. The van der Waals surface area contributed by atoms with E-state index in [1.165, 1.54) is 39.5 Å². The van der Waals surface area contributed by atoms with Crippen molar-refractivity contribution in [2.45, 2.75) is 53.1 Å². The summed E-state index contributed by atoms with van der Waals surface area (Å²) in [4.78, 5) is 35.6. The summed E-state index contributed by atoms with van der Waals surface area (Å²) in [6.45, 7) is 10.5. The Morgan fingerprint density at radius 3 is 2.38 bits per heavy atom. The molecular formula is C33H41N5O3S. The minimum absolute atomic E-state index is 0.0823. The van der Waals surface area contributed by atoms with E-state index in [0.29, 0.717) is 25.6 Å². The summed E-state index contributed by atoms with van der Waals surface area (Å²) < 4.78 is 0. The van der Waals surface area contributed by atoms with Crippen LogP contribution in [0.3, 0.4) is 0 Å². The number of thiazole rings is 1. The maximum atomic E-state index is 12.9. The van der Waals surface area contributed by atoms with Crippen LogP contribution in [0.15, 0.2) is 72.4 Å². The first-order valence-electron chi connectivity index (χ1n) is 14.1. The van der Waals surface area contributed by atoms with Crippen LogP contribution in [0.25, 0.3) is 0 Å². The highest BCUT2D eigenvalue weighted by molar-refractivity contribution is 7.09. The first-order valence-corrected chi connectivity index (χ1v) is 15.0. The van der Waals surface area contributed by atoms with E-state index in [0.717, 1.165) is 29.2 Å². The number of pyridine rings is 1. The largest absolute Gasteiger partial charge is 0.506 e. The van der Waals surface area contributed by atoms with Crippen molar-refractivity contribution in [3.05, 3.63) is 111 Å². The molecule has 0 radical (unpaired) electrons. The van der Waals surface area contributed by atoms with E-state index in [9.17, 15) is 14.7 Å². The quantitative estimate of drug-likeness (QED) is 0.190. The Morgan fingerprint density at radius 1 is 1.00 bits per heavy atom. The highest BCUT2D eigenvalue weighted by Crippen LogP contribution is 2.24. The second kappa shape index (κ2) is 16.4. The van der Waals surface area contributed by atoms with Gasteiger partial charge in [-0.3, -0.25) is 14.6 Å². The molecule has 0 aliphatic heterocycles. The number of benzene rings is 2. The van der Waals surface area contributed by atoms with Crippen molar-refractivity contribution in [1.82, 2.24) is 25.5 Å². The summed E-state index contributed by atoms with van der Waals surface area (Å²) in [5, 5.41) is 19.5. The molecule has 0 bridgehead atoms. The number of carbonyl (C=O) groups excluding carboxylic acids is 2. The molecule has 0 fully saturated rings. The van der Waals surface area contributed by atoms with Crippen LogP contribution in [0.4, 0.5) is 0 Å². The molecule has 2 heterocycles. The van der Waals surface area contributed by atoms with Crippen LogP contribution in [-0.4, -0.2) is 51.9 Å². The van der Waals surface area contributed by atoms with E-state index in [1.807, 2.05) is 42.9 Å². The number of nitrogens with one attached hydrogen (secondary N) is 2. The summed E-state index contributed by atoms with van der Waals surface area (Å²) in [6.07, 6.45) is 4.47. The summed E-state index contributed by atoms with van der Waals surface area (Å²) >= 11 is 1.48. The van der Waals surface area contributed by atoms with Gasteiger partial charge in [-0.25, -0.2) is 4.98 Å². The van der Waals surface area contributed by atoms with Gasteiger partial charge in [0.05, 0.1) is 17.7 Å². The Kier molecular flexibility index (Phi) is 12.7. The lowest BCUT2D eigenvalue weighted by molar-refractivity contribution is 0.0782. The number of phenols is 1. The number of aromatic nitrogens is 2. The molecule has 0 spiro atoms. The monoisotopic (exact) mass is 587 g/mol. The summed E-state index contributed by atoms with van der Waals surface area (Å²) in [5.74, 6) is -0.659. The molecule has 0 aliphatic rings. The highest BCUT2D eigenvalue weighted by Gasteiger charge is 2.21. The fraction of sp³-hybridized carbons (Fsp3) is 0.333. The number of hydrogen-bond acceptors (Lipinski definition) is 7. The van der Waals surface area contributed by atoms with Crippen LogP contribution in [0.5, 0.6) is 5.75 Å². The van der Waals surface area contributed by atoms with Gasteiger partial charge >= 0.3 is 0 Å². The molecule has 3 N–H and O–H groups in total. The van der Waals surface area contributed by atoms with Crippen molar-refractivity contribution >= 4 is 23.2 Å². The number of para-hydroxylation sites is 1. The Bertz CT molecular complexity index is 1440. The average Bonchev–Trinajstić information content (AvgIpc) is 3.39. The van der Waals surface area contributed by atoms with E-state index in [1.54, 1.807) is 13.1 Å². The lowest BCUT2D eigenvalue weighted by Gasteiger charge is -2.17. The van der Waals surface area contributed by atoms with Crippen molar-refractivity contribution in [3.8, 4) is 5.75 Å². The number of hydrogen-bond donors (Lipinski definition) is 3. The van der Waals surface area contributed by atoms with Gasteiger partial charge in [-0.2, -0.15) is 0 Å². The van der Waals surface area contributed by atoms with Crippen molar-refractivity contribution in [2.24, 2.45) is 0 Å². The minimum atomic E-state index is -0.413. The SMILES string of the molecule is Cc1ccccc1.Cc1csc(CN(C)C(=O)c2cccc(C(=O)NCCCNCc3cncc(C(C)C)c3)c2O)n1. The van der Waals surface area contributed by atoms with Crippen molar-refractivity contribution < 1.29 is 14.7 Å². The van der Waals surface area contributed by atoms with Gasteiger partial charge in [0.15, 0.2) is 0 Å². The maximum absolute atomic E-state index is 12.9. The smallest absolute Gasteiger partial charge is 0.257 e. The fourth-order valence-electron chi connectivity index (χ4n) is 4.05. The van der Waals surface area contributed by atoms with Crippen LogP contribution in [0, 0.1) is 13.8 Å². The molecule has 0 atom stereocenters. The third kappa shape index (κ3) is 10.1. The molecule has 2 amide bonds. The molecule has 9 heteroatoms. The van der Waals surface area contributed by atoms with Crippen molar-refractivity contribution in [1.29, 1.82) is 0 Å². The van der Waals surface area contributed by atoms with Crippen molar-refractivity contribution in [3.63, 3.8) is 0 Å². The van der Waals surface area contributed by atoms with Gasteiger partial charge < -0.3 is 20.6 Å². The summed E-state index contributed by atoms with van der Waals surface area (Å²) in [7, 11) is 1.65. The number of nitrogens with zero attached hydrogens (tertiary/aromatic N) is 3. The zero-order valence-electron chi connectivity index (χ0n) is 25.1. The first-order chi connectivity index (χ1) is 20.2. The van der Waals surface area contributed by atoms with E-state index >= 15 is 0 Å². The molecule has 0 aliphatic carbocycles. The molecule has 2 aromatic carbocycles. The molecule has 0 saturated heterocycles. The van der Waals surface area contributed by atoms with Crippen molar-refractivity contribution in [2.75, 3.05) is 20.1 Å². The topological polar surface area (TPSA) is 107 Å². The maximum Gasteiger partial charge on any atom is 0.257 e. The summed E-state index contributed by atoms with van der Waals surface area (Å²) in [5.41, 5.74) is 4.73. The summed E-state index contributed by atoms with van der Waals surface area (Å²) in [6, 6.07) is 17.0. The highest BCUT2D eigenvalue weighted by atomic mass is 32.1. The fourth-order valence-corrected chi connectivity index (χ4v) is 4.88. The molecule has 0 saturated carbocycles. The molecule has 42 heavy (non-hydrogen) atoms. The van der Waals surface area contributed by atoms with Crippen LogP contribution >= 0.6 is 11.3 Å². The van der Waals surface area contributed by atoms with E-state index in [2.05, 4.69) is 59.6 Å². The Balaban J connectivity index is 0.000000603. The molecule has 4 rings (SSSR count). The second-order valence-electron chi connectivity index (χ2n) is 10.5. The number of rotatable bonds is 11. The van der Waals surface area contributed by atoms with Gasteiger partial charge in [0.2, 0.25) is 0 Å². The Labute approximate surface area is 252 Å². The number of carbonyl (C=O) groups is 2. The zero-order valence-corrected chi connectivity index (χ0v) is 25.9. The molecule has 222 valence electrons. The van der Waals surface area contributed by atoms with Gasteiger partial charge in [0, 0.05) is 43.6 Å². The molecule has 4 aromatic rings. The Morgan fingerprint density at radius 2 is 1.74 bits per heavy atom. The molecule has 8 nitrogen and oxygen atoms in total. The number of phenolic OH excluding ortho intramolecular Hbond substituents is 1. The van der Waals surface area contributed by atoms with Gasteiger partial charge in [-0.05, 0) is 56.0 Å². The lowest BCUT2D eigenvalue weighted by Crippen LogP contribution is -2.29. The third-order valence-corrected chi connectivity index (χ3v) is 7.42. The molecule has 2 aromatic heterocycles. The number of aryl methyl sites for hydroxylation is 2. The molecule has 0 unspecified atom stereocenters. The zero-order chi connectivity index (χ0) is 30.5. The predicted octanol–water partition coefficient (Wildman–Crippen LogP) is 5.85. The molecular weight excluding hydrogens is 546 g/mol. The van der Waals surface area contributed by atoms with Gasteiger partial charge in [-0.1, -0.05) is 61.9 Å². The van der Waals surface area contributed by atoms with E-state index in [4.69, 9.17) is 0 Å². The van der Waals surface area contributed by atoms with Crippen LogP contribution in [0.1, 0.15) is 74.3 Å². The minimum Gasteiger partial charge on any atom is -0.506 e. The number of aromatic hydroxyl groups is 1. The van der Waals surface area contributed by atoms with E-state index in [-0.39, 0.29) is 22.8 Å². The normalized spacial score (nSPS) is 10.6. The Hall–Kier alpha value is -4.08. The van der Waals surface area contributed by atoms with E-state index < -0.39 is 5.91 Å². The van der Waals surface area contributed by atoms with Crippen LogP contribution < -0.4 is 10.6 Å². The van der Waals surface area contributed by atoms with Crippen LogP contribution in [-0.2, 0) is 13.1 Å². The van der Waals surface area contributed by atoms with Gasteiger partial charge in [0.1, 0.15) is 10.8 Å². The third-order valence-electron chi connectivity index (χ3n) is 6.46. The van der Waals surface area contributed by atoms with Crippen LogP contribution in [0.2, 0.25) is 0 Å². The average molecular weight is 588 g/mol. The van der Waals surface area contributed by atoms with Gasteiger partial charge in [-0.15, -0.1) is 11.3 Å². The second-order valence-corrected chi connectivity index (χ2v) is 11.4. The lowest BCUT2D eigenvalue weighted by atomic mass is 10.0. The van der Waals surface area contributed by atoms with Gasteiger partial charge in [0.25, 0.3) is 11.8 Å². The number of amides is 2. The first kappa shape index (κ1) is 32.4. The predicted molar refractivity (Wildman–Crippen MR) is 169 cm³/mol.